The molecule has 25 heavy (non-hydrogen) atoms. The zero-order valence-electron chi connectivity index (χ0n) is 14.2. The van der Waals surface area contributed by atoms with E-state index in [1.165, 1.54) is 6.42 Å². The summed E-state index contributed by atoms with van der Waals surface area (Å²) in [6.45, 7) is 4.78. The van der Waals surface area contributed by atoms with Gasteiger partial charge in [0.15, 0.2) is 5.69 Å². The van der Waals surface area contributed by atoms with E-state index < -0.39 is 17.4 Å². The molecule has 1 aromatic heterocycles. The van der Waals surface area contributed by atoms with Crippen molar-refractivity contribution in [3.8, 4) is 0 Å². The van der Waals surface area contributed by atoms with Crippen molar-refractivity contribution in [2.45, 2.75) is 38.4 Å². The van der Waals surface area contributed by atoms with Crippen molar-refractivity contribution >= 4 is 0 Å². The Kier molecular flexibility index (Phi) is 5.78. The Bertz CT molecular complexity index is 618. The Morgan fingerprint density at radius 1 is 1.12 bits per heavy atom. The third-order valence-electron chi connectivity index (χ3n) is 5.07. The molecular formula is C17H24F3N3O2. The fraction of sp³-hybridized carbons (Fsp3) is 0.765. The zero-order chi connectivity index (χ0) is 17.9. The highest BCUT2D eigenvalue weighted by Crippen LogP contribution is 2.27. The lowest BCUT2D eigenvalue weighted by Gasteiger charge is -2.35. The normalized spacial score (nSPS) is 23.7. The molecule has 1 unspecified atom stereocenters. The molecule has 1 atom stereocenters. The molecule has 3 heterocycles. The molecule has 0 aromatic carbocycles. The lowest BCUT2D eigenvalue weighted by molar-refractivity contribution is -0.142. The van der Waals surface area contributed by atoms with E-state index in [0.29, 0.717) is 5.92 Å². The van der Waals surface area contributed by atoms with E-state index in [0.717, 1.165) is 68.9 Å². The maximum absolute atomic E-state index is 12.8. The average molecular weight is 359 g/mol. The molecule has 2 fully saturated rings. The Hall–Kier alpha value is -1.41. The molecule has 2 aliphatic rings. The topological polar surface area (TPSA) is 47.4 Å². The molecule has 5 nitrogen and oxygen atoms in total. The fourth-order valence-electron chi connectivity index (χ4n) is 3.64. The van der Waals surface area contributed by atoms with Crippen molar-refractivity contribution in [1.82, 2.24) is 14.7 Å². The van der Waals surface area contributed by atoms with E-state index in [1.54, 1.807) is 0 Å². The Labute approximate surface area is 144 Å². The maximum atomic E-state index is 12.8. The number of alkyl halides is 3. The fourth-order valence-corrected chi connectivity index (χ4v) is 3.64. The summed E-state index contributed by atoms with van der Waals surface area (Å²) in [6, 6.07) is 1.70. The Balaban J connectivity index is 1.53. The molecule has 1 aromatic rings. The number of rotatable bonds is 4. The first-order valence-corrected chi connectivity index (χ1v) is 8.87. The van der Waals surface area contributed by atoms with Gasteiger partial charge in [0, 0.05) is 25.8 Å². The number of aromatic nitrogens is 2. The van der Waals surface area contributed by atoms with Crippen molar-refractivity contribution in [2.24, 2.45) is 11.8 Å². The molecule has 140 valence electrons. The van der Waals surface area contributed by atoms with Crippen molar-refractivity contribution in [2.75, 3.05) is 32.8 Å². The number of piperidine rings is 1. The van der Waals surface area contributed by atoms with Crippen molar-refractivity contribution in [3.05, 3.63) is 28.2 Å². The van der Waals surface area contributed by atoms with Crippen LogP contribution in [0.15, 0.2) is 16.9 Å². The molecule has 2 saturated heterocycles. The first kappa shape index (κ1) is 18.4. The highest BCUT2D eigenvalue weighted by atomic mass is 19.4. The summed E-state index contributed by atoms with van der Waals surface area (Å²) in [7, 11) is 0. The van der Waals surface area contributed by atoms with E-state index in [9.17, 15) is 18.0 Å². The van der Waals surface area contributed by atoms with Gasteiger partial charge in [0.25, 0.3) is 5.56 Å². The van der Waals surface area contributed by atoms with Gasteiger partial charge in [-0.3, -0.25) is 4.79 Å². The van der Waals surface area contributed by atoms with Crippen LogP contribution in [0, 0.1) is 11.8 Å². The summed E-state index contributed by atoms with van der Waals surface area (Å²) in [6.07, 6.45) is -0.467. The van der Waals surface area contributed by atoms with Gasteiger partial charge in [-0.05, 0) is 56.7 Å². The predicted molar refractivity (Wildman–Crippen MR) is 86.2 cm³/mol. The van der Waals surface area contributed by atoms with Gasteiger partial charge in [-0.2, -0.15) is 18.3 Å². The largest absolute Gasteiger partial charge is 0.435 e. The number of halogens is 3. The maximum Gasteiger partial charge on any atom is 0.435 e. The monoisotopic (exact) mass is 359 g/mol. The molecule has 2 aliphatic heterocycles. The minimum atomic E-state index is -4.53. The standard InChI is InChI=1S/C17H24F3N3O2/c18-17(19,20)15-3-4-16(24)23(21-15)11-13-5-7-22(8-6-13)10-14-2-1-9-25-12-14/h3-4,13-14H,1-2,5-12H2. The Morgan fingerprint density at radius 3 is 2.52 bits per heavy atom. The second-order valence-corrected chi connectivity index (χ2v) is 7.06. The third-order valence-corrected chi connectivity index (χ3v) is 5.07. The van der Waals surface area contributed by atoms with Crippen LogP contribution in [0.5, 0.6) is 0 Å². The van der Waals surface area contributed by atoms with Gasteiger partial charge in [-0.25, -0.2) is 4.68 Å². The number of ether oxygens (including phenoxy) is 1. The van der Waals surface area contributed by atoms with Crippen molar-refractivity contribution < 1.29 is 17.9 Å². The van der Waals surface area contributed by atoms with Crippen LogP contribution >= 0.6 is 0 Å². The van der Waals surface area contributed by atoms with Crippen molar-refractivity contribution in [3.63, 3.8) is 0 Å². The first-order valence-electron chi connectivity index (χ1n) is 8.87. The summed E-state index contributed by atoms with van der Waals surface area (Å²) in [4.78, 5) is 14.2. The zero-order valence-corrected chi connectivity index (χ0v) is 14.2. The molecule has 0 aliphatic carbocycles. The van der Waals surface area contributed by atoms with Gasteiger partial charge in [-0.1, -0.05) is 0 Å². The van der Waals surface area contributed by atoms with Gasteiger partial charge >= 0.3 is 6.18 Å². The first-order chi connectivity index (χ1) is 11.9. The van der Waals surface area contributed by atoms with Gasteiger partial charge in [0.2, 0.25) is 0 Å². The minimum absolute atomic E-state index is 0.188. The lowest BCUT2D eigenvalue weighted by Crippen LogP contribution is -2.40. The van der Waals surface area contributed by atoms with E-state index in [-0.39, 0.29) is 12.5 Å². The number of likely N-dealkylation sites (tertiary alicyclic amines) is 1. The van der Waals surface area contributed by atoms with Crippen molar-refractivity contribution in [1.29, 1.82) is 0 Å². The molecule has 8 heteroatoms. The quantitative estimate of drug-likeness (QED) is 0.828. The van der Waals surface area contributed by atoms with Gasteiger partial charge in [-0.15, -0.1) is 0 Å². The Morgan fingerprint density at radius 2 is 1.88 bits per heavy atom. The summed E-state index contributed by atoms with van der Waals surface area (Å²) in [5.74, 6) is 0.769. The molecule has 0 bridgehead atoms. The van der Waals surface area contributed by atoms with E-state index in [4.69, 9.17) is 4.74 Å². The SMILES string of the molecule is O=c1ccc(C(F)(F)F)nn1CC1CCN(CC2CCCOC2)CC1. The molecule has 3 rings (SSSR count). The summed E-state index contributed by atoms with van der Waals surface area (Å²) >= 11 is 0. The number of hydrogen-bond acceptors (Lipinski definition) is 4. The summed E-state index contributed by atoms with van der Waals surface area (Å²) < 4.78 is 44.8. The second-order valence-electron chi connectivity index (χ2n) is 7.06. The molecule has 0 radical (unpaired) electrons. The third kappa shape index (κ3) is 5.04. The highest BCUT2D eigenvalue weighted by molar-refractivity contribution is 5.04. The number of hydrogen-bond donors (Lipinski definition) is 0. The molecule has 0 saturated carbocycles. The van der Waals surface area contributed by atoms with Crippen LogP contribution in [0.25, 0.3) is 0 Å². The predicted octanol–water partition coefficient (Wildman–Crippen LogP) is 2.40. The van der Waals surface area contributed by atoms with E-state index in [1.807, 2.05) is 0 Å². The highest BCUT2D eigenvalue weighted by Gasteiger charge is 2.33. The van der Waals surface area contributed by atoms with E-state index in [2.05, 4.69) is 10.00 Å². The van der Waals surface area contributed by atoms with Crippen LogP contribution in [0.3, 0.4) is 0 Å². The second kappa shape index (κ2) is 7.86. The lowest BCUT2D eigenvalue weighted by atomic mass is 9.94. The average Bonchev–Trinajstić information content (AvgIpc) is 2.58. The van der Waals surface area contributed by atoms with E-state index >= 15 is 0 Å². The van der Waals surface area contributed by atoms with Gasteiger partial charge < -0.3 is 9.64 Å². The van der Waals surface area contributed by atoms with Gasteiger partial charge in [0.05, 0.1) is 6.61 Å². The number of nitrogens with zero attached hydrogens (tertiary/aromatic N) is 3. The molecule has 0 N–H and O–H groups in total. The minimum Gasteiger partial charge on any atom is -0.381 e. The smallest absolute Gasteiger partial charge is 0.381 e. The van der Waals surface area contributed by atoms with Crippen LogP contribution in [0.2, 0.25) is 0 Å². The van der Waals surface area contributed by atoms with Gasteiger partial charge in [0.1, 0.15) is 0 Å². The molecular weight excluding hydrogens is 335 g/mol. The van der Waals surface area contributed by atoms with Crippen LogP contribution in [0.4, 0.5) is 13.2 Å². The van der Waals surface area contributed by atoms with Crippen LogP contribution < -0.4 is 5.56 Å². The molecule has 0 amide bonds. The summed E-state index contributed by atoms with van der Waals surface area (Å²) in [5, 5.41) is 3.50. The molecule has 0 spiro atoms. The van der Waals surface area contributed by atoms with Crippen LogP contribution in [-0.2, 0) is 17.5 Å². The summed E-state index contributed by atoms with van der Waals surface area (Å²) in [5.41, 5.74) is -1.49. The van der Waals surface area contributed by atoms with Crippen LogP contribution in [-0.4, -0.2) is 47.5 Å². The van der Waals surface area contributed by atoms with Crippen LogP contribution in [0.1, 0.15) is 31.4 Å².